The molecule has 2 aromatic heterocycles. The number of amides is 1. The Morgan fingerprint density at radius 1 is 1.30 bits per heavy atom. The van der Waals surface area contributed by atoms with Crippen LogP contribution in [0.1, 0.15) is 16.3 Å². The maximum absolute atomic E-state index is 12.4. The summed E-state index contributed by atoms with van der Waals surface area (Å²) in [6.07, 6.45) is 1.55. The highest BCUT2D eigenvalue weighted by Crippen LogP contribution is 2.25. The first-order valence-corrected chi connectivity index (χ1v) is 6.58. The Hall–Kier alpha value is -3.10. The van der Waals surface area contributed by atoms with Crippen LogP contribution in [-0.4, -0.2) is 32.1 Å². The van der Waals surface area contributed by atoms with Gasteiger partial charge in [-0.1, -0.05) is 12.1 Å². The Kier molecular flexibility index (Phi) is 3.83. The van der Waals surface area contributed by atoms with Crippen LogP contribution in [0.25, 0.3) is 5.78 Å². The Balaban J connectivity index is 1.88. The van der Waals surface area contributed by atoms with E-state index in [0.717, 1.165) is 5.69 Å². The monoisotopic (exact) mass is 319 g/mol. The molecule has 0 atom stereocenters. The smallest absolute Gasteiger partial charge is 0.387 e. The Morgan fingerprint density at radius 3 is 2.83 bits per heavy atom. The van der Waals surface area contributed by atoms with Crippen molar-refractivity contribution in [3.05, 3.63) is 48.0 Å². The van der Waals surface area contributed by atoms with Gasteiger partial charge in [0.25, 0.3) is 11.7 Å². The van der Waals surface area contributed by atoms with Gasteiger partial charge in [-0.15, -0.1) is 5.10 Å². The first-order chi connectivity index (χ1) is 11.0. The van der Waals surface area contributed by atoms with Crippen molar-refractivity contribution in [1.29, 1.82) is 0 Å². The maximum Gasteiger partial charge on any atom is 0.387 e. The number of ether oxygens (including phenoxy) is 1. The van der Waals surface area contributed by atoms with E-state index in [1.807, 2.05) is 0 Å². The molecular weight excluding hydrogens is 308 g/mol. The highest BCUT2D eigenvalue weighted by molar-refractivity contribution is 6.02. The second-order valence-corrected chi connectivity index (χ2v) is 4.56. The van der Waals surface area contributed by atoms with Crippen LogP contribution in [-0.2, 0) is 0 Å². The van der Waals surface area contributed by atoms with Crippen LogP contribution in [0.2, 0.25) is 0 Å². The van der Waals surface area contributed by atoms with E-state index in [0.29, 0.717) is 0 Å². The molecule has 0 aliphatic heterocycles. The summed E-state index contributed by atoms with van der Waals surface area (Å²) in [4.78, 5) is 20.2. The molecule has 9 heteroatoms. The van der Waals surface area contributed by atoms with Gasteiger partial charge in [0.05, 0.1) is 5.69 Å². The number of carbonyl (C=O) groups excluding carboxylic acids is 1. The summed E-state index contributed by atoms with van der Waals surface area (Å²) in [5.74, 6) is -0.653. The lowest BCUT2D eigenvalue weighted by Crippen LogP contribution is -2.15. The number of aromatic nitrogens is 4. The number of fused-ring (bicyclic) bond motifs is 1. The number of rotatable bonds is 4. The van der Waals surface area contributed by atoms with Crippen molar-refractivity contribution in [3.63, 3.8) is 0 Å². The Morgan fingerprint density at radius 2 is 2.09 bits per heavy atom. The fourth-order valence-corrected chi connectivity index (χ4v) is 1.95. The summed E-state index contributed by atoms with van der Waals surface area (Å²) in [7, 11) is 0. The molecule has 1 amide bonds. The number of hydrogen-bond acceptors (Lipinski definition) is 5. The minimum absolute atomic E-state index is 0.0985. The molecule has 0 fully saturated rings. The molecule has 3 aromatic rings. The summed E-state index contributed by atoms with van der Waals surface area (Å²) in [6, 6.07) is 7.58. The standard InChI is InChI=1S/C14H11F2N5O2/c1-8-6-7-17-14-19-11(20-21(8)14)12(22)18-9-4-2-3-5-10(9)23-13(15)16/h2-7,13H,1H3,(H,18,22). The molecule has 0 radical (unpaired) electrons. The molecule has 0 aliphatic rings. The van der Waals surface area contributed by atoms with Crippen LogP contribution < -0.4 is 10.1 Å². The summed E-state index contributed by atoms with van der Waals surface area (Å²) in [6.45, 7) is -1.20. The second-order valence-electron chi connectivity index (χ2n) is 4.56. The van der Waals surface area contributed by atoms with Gasteiger partial charge in [0.1, 0.15) is 5.75 Å². The Labute approximate surface area is 128 Å². The van der Waals surface area contributed by atoms with Crippen molar-refractivity contribution in [2.24, 2.45) is 0 Å². The third-order valence-electron chi connectivity index (χ3n) is 2.98. The minimum atomic E-state index is -2.99. The highest BCUT2D eigenvalue weighted by Gasteiger charge is 2.17. The van der Waals surface area contributed by atoms with Crippen LogP contribution in [0.5, 0.6) is 5.75 Å². The van der Waals surface area contributed by atoms with Crippen molar-refractivity contribution in [2.75, 3.05) is 5.32 Å². The lowest BCUT2D eigenvalue weighted by atomic mass is 10.3. The van der Waals surface area contributed by atoms with Gasteiger partial charge in [0.15, 0.2) is 0 Å². The molecule has 3 rings (SSSR count). The number of halogens is 2. The molecule has 0 unspecified atom stereocenters. The van der Waals surface area contributed by atoms with Crippen LogP contribution >= 0.6 is 0 Å². The van der Waals surface area contributed by atoms with Crippen molar-refractivity contribution in [1.82, 2.24) is 19.6 Å². The molecule has 0 bridgehead atoms. The average Bonchev–Trinajstić information content (AvgIpc) is 2.94. The summed E-state index contributed by atoms with van der Waals surface area (Å²) >= 11 is 0. The van der Waals surface area contributed by atoms with Gasteiger partial charge >= 0.3 is 6.61 Å². The number of aryl methyl sites for hydroxylation is 1. The van der Waals surface area contributed by atoms with E-state index >= 15 is 0 Å². The van der Waals surface area contributed by atoms with Crippen LogP contribution in [0, 0.1) is 6.92 Å². The predicted molar refractivity (Wildman–Crippen MR) is 76.5 cm³/mol. The van der Waals surface area contributed by atoms with Gasteiger partial charge in [0, 0.05) is 11.9 Å². The van der Waals surface area contributed by atoms with Crippen molar-refractivity contribution in [2.45, 2.75) is 13.5 Å². The molecule has 0 spiro atoms. The third-order valence-corrected chi connectivity index (χ3v) is 2.98. The van der Waals surface area contributed by atoms with Gasteiger partial charge in [-0.3, -0.25) is 4.79 Å². The van der Waals surface area contributed by atoms with Gasteiger partial charge in [-0.2, -0.15) is 13.8 Å². The van der Waals surface area contributed by atoms with Gasteiger partial charge in [-0.05, 0) is 25.1 Å². The van der Waals surface area contributed by atoms with Gasteiger partial charge in [0.2, 0.25) is 5.82 Å². The average molecular weight is 319 g/mol. The van der Waals surface area contributed by atoms with Crippen molar-refractivity contribution in [3.8, 4) is 5.75 Å². The number of alkyl halides is 2. The van der Waals surface area contributed by atoms with E-state index in [9.17, 15) is 13.6 Å². The Bertz CT molecular complexity index is 865. The zero-order valence-corrected chi connectivity index (χ0v) is 11.9. The minimum Gasteiger partial charge on any atom is -0.433 e. The SMILES string of the molecule is Cc1ccnc2nc(C(=O)Nc3ccccc3OC(F)F)nn12. The topological polar surface area (TPSA) is 81.4 Å². The quantitative estimate of drug-likeness (QED) is 0.798. The molecule has 0 aliphatic carbocycles. The molecule has 0 saturated carbocycles. The lowest BCUT2D eigenvalue weighted by Gasteiger charge is -2.10. The maximum atomic E-state index is 12.4. The number of hydrogen-bond donors (Lipinski definition) is 1. The number of nitrogens with zero attached hydrogens (tertiary/aromatic N) is 4. The first kappa shape index (κ1) is 14.8. The molecule has 23 heavy (non-hydrogen) atoms. The van der Waals surface area contributed by atoms with Crippen LogP contribution in [0.15, 0.2) is 36.5 Å². The van der Waals surface area contributed by atoms with Gasteiger partial charge in [-0.25, -0.2) is 9.50 Å². The number of nitrogens with one attached hydrogen (secondary N) is 1. The molecule has 118 valence electrons. The number of benzene rings is 1. The van der Waals surface area contributed by atoms with Gasteiger partial charge < -0.3 is 10.1 Å². The molecule has 7 nitrogen and oxygen atoms in total. The third kappa shape index (κ3) is 3.07. The van der Waals surface area contributed by atoms with Crippen LogP contribution in [0.4, 0.5) is 14.5 Å². The zero-order valence-electron chi connectivity index (χ0n) is 11.9. The zero-order chi connectivity index (χ0) is 16.4. The molecule has 2 heterocycles. The van der Waals surface area contributed by atoms with E-state index in [-0.39, 0.29) is 23.0 Å². The van der Waals surface area contributed by atoms with Crippen molar-refractivity contribution >= 4 is 17.4 Å². The van der Waals surface area contributed by atoms with E-state index < -0.39 is 12.5 Å². The predicted octanol–water partition coefficient (Wildman–Crippen LogP) is 2.29. The van der Waals surface area contributed by atoms with Crippen LogP contribution in [0.3, 0.4) is 0 Å². The summed E-state index contributed by atoms with van der Waals surface area (Å²) in [5, 5.41) is 6.49. The molecule has 1 aromatic carbocycles. The molecule has 0 saturated heterocycles. The van der Waals surface area contributed by atoms with Crippen molar-refractivity contribution < 1.29 is 18.3 Å². The fraction of sp³-hybridized carbons (Fsp3) is 0.143. The molecular formula is C14H11F2N5O2. The largest absolute Gasteiger partial charge is 0.433 e. The lowest BCUT2D eigenvalue weighted by molar-refractivity contribution is -0.0493. The number of para-hydroxylation sites is 2. The first-order valence-electron chi connectivity index (χ1n) is 6.58. The number of anilines is 1. The second kappa shape index (κ2) is 5.95. The number of carbonyl (C=O) groups is 1. The van der Waals surface area contributed by atoms with E-state index in [1.54, 1.807) is 25.3 Å². The summed E-state index contributed by atoms with van der Waals surface area (Å²) in [5.41, 5.74) is 0.851. The highest BCUT2D eigenvalue weighted by atomic mass is 19.3. The van der Waals surface area contributed by atoms with E-state index in [1.165, 1.54) is 22.7 Å². The molecule has 1 N–H and O–H groups in total. The van der Waals surface area contributed by atoms with E-state index in [2.05, 4.69) is 25.1 Å². The summed E-state index contributed by atoms with van der Waals surface area (Å²) < 4.78 is 30.5. The normalized spacial score (nSPS) is 11.0. The van der Waals surface area contributed by atoms with E-state index in [4.69, 9.17) is 0 Å². The fourth-order valence-electron chi connectivity index (χ4n) is 1.95.